The number of halogens is 1. The lowest BCUT2D eigenvalue weighted by Gasteiger charge is -2.22. The number of hydrogen-bond acceptors (Lipinski definition) is 4. The van der Waals surface area contributed by atoms with E-state index < -0.39 is 4.92 Å². The van der Waals surface area contributed by atoms with Crippen LogP contribution in [0.25, 0.3) is 0 Å². The van der Waals surface area contributed by atoms with E-state index in [0.717, 1.165) is 24.8 Å². The molecule has 0 bridgehead atoms. The van der Waals surface area contributed by atoms with E-state index in [1.807, 2.05) is 0 Å². The number of carbonyl (C=O) groups is 1. The summed E-state index contributed by atoms with van der Waals surface area (Å²) in [4.78, 5) is 24.3. The highest BCUT2D eigenvalue weighted by Gasteiger charge is 2.18. The van der Waals surface area contributed by atoms with Crippen LogP contribution in [0.3, 0.4) is 0 Å². The van der Waals surface area contributed by atoms with Crippen LogP contribution in [0.2, 0.25) is 0 Å². The summed E-state index contributed by atoms with van der Waals surface area (Å²) in [6, 6.07) is 7.28. The van der Waals surface area contributed by atoms with Gasteiger partial charge in [-0.1, -0.05) is 31.9 Å². The van der Waals surface area contributed by atoms with Gasteiger partial charge in [0.25, 0.3) is 0 Å². The van der Waals surface area contributed by atoms with Crippen molar-refractivity contribution in [2.24, 2.45) is 0 Å². The smallest absolute Gasteiger partial charge is 0.358 e. The molecular formula is C17H21FN4O3. The monoisotopic (exact) mass is 348 g/mol. The van der Waals surface area contributed by atoms with Crippen LogP contribution in [0.15, 0.2) is 36.5 Å². The van der Waals surface area contributed by atoms with Crippen molar-refractivity contribution in [2.45, 2.75) is 39.3 Å². The van der Waals surface area contributed by atoms with Gasteiger partial charge in [-0.2, -0.15) is 4.68 Å². The zero-order valence-electron chi connectivity index (χ0n) is 14.1. The normalized spacial score (nSPS) is 10.6. The van der Waals surface area contributed by atoms with Crippen LogP contribution in [0, 0.1) is 15.9 Å². The molecular weight excluding hydrogens is 327 g/mol. The highest BCUT2D eigenvalue weighted by atomic mass is 19.1. The average Bonchev–Trinajstić information content (AvgIpc) is 3.04. The molecule has 1 aromatic heterocycles. The van der Waals surface area contributed by atoms with Crippen LogP contribution in [0.4, 0.5) is 10.2 Å². The minimum Gasteiger partial charge on any atom is -0.358 e. The van der Waals surface area contributed by atoms with E-state index in [-0.39, 0.29) is 24.1 Å². The Kier molecular flexibility index (Phi) is 6.62. The van der Waals surface area contributed by atoms with Crippen LogP contribution >= 0.6 is 0 Å². The first-order chi connectivity index (χ1) is 12.0. The number of nitro groups is 1. The fraction of sp³-hybridized carbons (Fsp3) is 0.412. The van der Waals surface area contributed by atoms with Crippen molar-refractivity contribution < 1.29 is 14.1 Å². The predicted molar refractivity (Wildman–Crippen MR) is 90.2 cm³/mol. The van der Waals surface area contributed by atoms with Crippen molar-refractivity contribution in [3.05, 3.63) is 58.0 Å². The van der Waals surface area contributed by atoms with Gasteiger partial charge in [0, 0.05) is 13.1 Å². The zero-order chi connectivity index (χ0) is 18.2. The molecule has 0 saturated heterocycles. The molecule has 0 spiro atoms. The Labute approximate surface area is 145 Å². The molecule has 0 aliphatic heterocycles. The van der Waals surface area contributed by atoms with E-state index in [4.69, 9.17) is 0 Å². The van der Waals surface area contributed by atoms with E-state index in [9.17, 15) is 19.3 Å². The van der Waals surface area contributed by atoms with E-state index in [1.165, 1.54) is 29.1 Å². The number of benzene rings is 1. The van der Waals surface area contributed by atoms with Gasteiger partial charge in [0.1, 0.15) is 12.4 Å². The minimum absolute atomic E-state index is 0.0683. The third kappa shape index (κ3) is 5.66. The second-order valence-corrected chi connectivity index (χ2v) is 5.78. The standard InChI is InChI=1S/C17H21FN4O3/c1-2-3-4-10-20(12-14-5-7-15(18)8-6-14)17(23)13-21-11-9-16(19-21)22(24)25/h5-9,11H,2-4,10,12-13H2,1H3. The highest BCUT2D eigenvalue weighted by Crippen LogP contribution is 2.11. The van der Waals surface area contributed by atoms with Crippen LogP contribution in [0.1, 0.15) is 31.7 Å². The molecule has 8 heteroatoms. The Balaban J connectivity index is 2.05. The van der Waals surface area contributed by atoms with Gasteiger partial charge in [-0.05, 0) is 29.0 Å². The Morgan fingerprint density at radius 3 is 2.60 bits per heavy atom. The minimum atomic E-state index is -0.599. The molecule has 1 aromatic carbocycles. The lowest BCUT2D eigenvalue weighted by atomic mass is 10.2. The molecule has 25 heavy (non-hydrogen) atoms. The summed E-state index contributed by atoms with van der Waals surface area (Å²) >= 11 is 0. The SMILES string of the molecule is CCCCCN(Cc1ccc(F)cc1)C(=O)Cn1ccc([N+](=O)[O-])n1. The second-order valence-electron chi connectivity index (χ2n) is 5.78. The summed E-state index contributed by atoms with van der Waals surface area (Å²) in [6.45, 7) is 2.95. The van der Waals surface area contributed by atoms with Gasteiger partial charge in [0.15, 0.2) is 0 Å². The molecule has 2 aromatic rings. The molecule has 0 aliphatic rings. The number of hydrogen-bond donors (Lipinski definition) is 0. The van der Waals surface area contributed by atoms with Crippen LogP contribution in [0.5, 0.6) is 0 Å². The lowest BCUT2D eigenvalue weighted by molar-refractivity contribution is -0.389. The quantitative estimate of drug-likeness (QED) is 0.396. The Bertz CT molecular complexity index is 715. The van der Waals surface area contributed by atoms with Crippen LogP contribution < -0.4 is 0 Å². The molecule has 0 aliphatic carbocycles. The lowest BCUT2D eigenvalue weighted by Crippen LogP contribution is -2.34. The van der Waals surface area contributed by atoms with Crippen molar-refractivity contribution in [3.8, 4) is 0 Å². The van der Waals surface area contributed by atoms with Crippen molar-refractivity contribution >= 4 is 11.7 Å². The Morgan fingerprint density at radius 1 is 1.28 bits per heavy atom. The molecule has 0 N–H and O–H groups in total. The van der Waals surface area contributed by atoms with E-state index in [2.05, 4.69) is 12.0 Å². The van der Waals surface area contributed by atoms with Crippen LogP contribution in [-0.2, 0) is 17.9 Å². The van der Waals surface area contributed by atoms with Gasteiger partial charge in [-0.25, -0.2) is 4.39 Å². The molecule has 134 valence electrons. The first-order valence-electron chi connectivity index (χ1n) is 8.19. The molecule has 0 fully saturated rings. The molecule has 0 saturated carbocycles. The first kappa shape index (κ1) is 18.6. The third-order valence-corrected chi connectivity index (χ3v) is 3.78. The maximum Gasteiger partial charge on any atom is 0.389 e. The van der Waals surface area contributed by atoms with Crippen molar-refractivity contribution in [3.63, 3.8) is 0 Å². The maximum atomic E-state index is 13.0. The summed E-state index contributed by atoms with van der Waals surface area (Å²) in [5.41, 5.74) is 0.831. The molecule has 7 nitrogen and oxygen atoms in total. The van der Waals surface area contributed by atoms with Gasteiger partial charge in [-0.3, -0.25) is 4.79 Å². The second kappa shape index (κ2) is 8.91. The topological polar surface area (TPSA) is 81.3 Å². The number of aromatic nitrogens is 2. The number of carbonyl (C=O) groups excluding carboxylic acids is 1. The molecule has 2 rings (SSSR count). The average molecular weight is 348 g/mol. The molecule has 0 unspecified atom stereocenters. The van der Waals surface area contributed by atoms with Gasteiger partial charge in [0.2, 0.25) is 5.91 Å². The largest absolute Gasteiger partial charge is 0.389 e. The molecule has 0 radical (unpaired) electrons. The van der Waals surface area contributed by atoms with Crippen molar-refractivity contribution in [2.75, 3.05) is 6.54 Å². The van der Waals surface area contributed by atoms with Crippen molar-refractivity contribution in [1.82, 2.24) is 14.7 Å². The maximum absolute atomic E-state index is 13.0. The fourth-order valence-electron chi connectivity index (χ4n) is 2.43. The Morgan fingerprint density at radius 2 is 2.00 bits per heavy atom. The Hall–Kier alpha value is -2.77. The zero-order valence-corrected chi connectivity index (χ0v) is 14.1. The van der Waals surface area contributed by atoms with Gasteiger partial charge < -0.3 is 15.0 Å². The molecule has 1 amide bonds. The summed E-state index contributed by atoms with van der Waals surface area (Å²) in [7, 11) is 0. The van der Waals surface area contributed by atoms with E-state index in [0.29, 0.717) is 13.1 Å². The molecule has 1 heterocycles. The number of rotatable bonds is 9. The number of unbranched alkanes of at least 4 members (excludes halogenated alkanes) is 2. The first-order valence-corrected chi connectivity index (χ1v) is 8.19. The van der Waals surface area contributed by atoms with E-state index >= 15 is 0 Å². The highest BCUT2D eigenvalue weighted by molar-refractivity contribution is 5.75. The number of amides is 1. The summed E-state index contributed by atoms with van der Waals surface area (Å²) in [6.07, 6.45) is 4.31. The molecule has 0 atom stereocenters. The predicted octanol–water partition coefficient (Wildman–Crippen LogP) is 3.15. The van der Waals surface area contributed by atoms with Crippen molar-refractivity contribution in [1.29, 1.82) is 0 Å². The summed E-state index contributed by atoms with van der Waals surface area (Å²) in [5, 5.41) is 14.4. The van der Waals surface area contributed by atoms with Gasteiger partial charge in [0.05, 0.1) is 17.4 Å². The van der Waals surface area contributed by atoms with Gasteiger partial charge >= 0.3 is 5.82 Å². The third-order valence-electron chi connectivity index (χ3n) is 3.78. The van der Waals surface area contributed by atoms with E-state index in [1.54, 1.807) is 17.0 Å². The van der Waals surface area contributed by atoms with Gasteiger partial charge in [-0.15, -0.1) is 0 Å². The van der Waals surface area contributed by atoms with Crippen LogP contribution in [-0.4, -0.2) is 32.1 Å². The summed E-state index contributed by atoms with van der Waals surface area (Å²) in [5.74, 6) is -0.793. The number of nitrogens with zero attached hydrogens (tertiary/aromatic N) is 4. The fourth-order valence-corrected chi connectivity index (χ4v) is 2.43. The summed E-state index contributed by atoms with van der Waals surface area (Å²) < 4.78 is 14.3.